The Labute approximate surface area is 205 Å². The van der Waals surface area contributed by atoms with Gasteiger partial charge >= 0.3 is 0 Å². The second-order valence-corrected chi connectivity index (χ2v) is 10.9. The molecular formula is C26H30N4O4S. The second kappa shape index (κ2) is 10.3. The molecule has 0 bridgehead atoms. The third-order valence-corrected chi connectivity index (χ3v) is 8.53. The number of nitrogens with one attached hydrogen (secondary N) is 2. The van der Waals surface area contributed by atoms with Crippen molar-refractivity contribution in [2.24, 2.45) is 5.92 Å². The van der Waals surface area contributed by atoms with Crippen LogP contribution in [0.2, 0.25) is 0 Å². The van der Waals surface area contributed by atoms with E-state index in [4.69, 9.17) is 4.42 Å². The molecule has 1 amide bonds. The van der Waals surface area contributed by atoms with Crippen molar-refractivity contribution in [3.63, 3.8) is 0 Å². The van der Waals surface area contributed by atoms with Crippen molar-refractivity contribution in [3.05, 3.63) is 72.8 Å². The number of oxazole rings is 1. The van der Waals surface area contributed by atoms with Crippen molar-refractivity contribution < 1.29 is 17.6 Å². The Bertz CT molecular complexity index is 1220. The number of carbonyl (C=O) groups excluding carboxylic acids is 1. The fourth-order valence-electron chi connectivity index (χ4n) is 5.08. The number of benzene rings is 2. The van der Waals surface area contributed by atoms with Crippen molar-refractivity contribution in [2.75, 3.05) is 19.6 Å². The molecule has 1 atom stereocenters. The predicted molar refractivity (Wildman–Crippen MR) is 132 cm³/mol. The van der Waals surface area contributed by atoms with Crippen molar-refractivity contribution in [3.8, 4) is 11.3 Å². The number of carbonyl (C=O) groups is 1. The third kappa shape index (κ3) is 5.32. The minimum atomic E-state index is -3.65. The zero-order valence-corrected chi connectivity index (χ0v) is 20.3. The van der Waals surface area contributed by atoms with Gasteiger partial charge in [0, 0.05) is 37.2 Å². The van der Waals surface area contributed by atoms with E-state index in [1.54, 1.807) is 30.5 Å². The van der Waals surface area contributed by atoms with Gasteiger partial charge in [0.2, 0.25) is 15.9 Å². The summed E-state index contributed by atoms with van der Waals surface area (Å²) in [5, 5.41) is 3.40. The summed E-state index contributed by atoms with van der Waals surface area (Å²) in [6.07, 6.45) is 5.59. The summed E-state index contributed by atoms with van der Waals surface area (Å²) in [5.74, 6) is 0.704. The number of nitrogens with zero attached hydrogens (tertiary/aromatic N) is 2. The third-order valence-electron chi connectivity index (χ3n) is 6.99. The van der Waals surface area contributed by atoms with Crippen molar-refractivity contribution in [1.82, 2.24) is 19.9 Å². The lowest BCUT2D eigenvalue weighted by Gasteiger charge is -2.40. The van der Waals surface area contributed by atoms with Crippen molar-refractivity contribution >= 4 is 15.9 Å². The molecule has 1 saturated heterocycles. The zero-order chi connectivity index (χ0) is 24.3. The topological polar surface area (TPSA) is 105 Å². The first-order valence-electron chi connectivity index (χ1n) is 12.1. The second-order valence-electron chi connectivity index (χ2n) is 9.22. The average molecular weight is 495 g/mol. The number of aromatic nitrogens is 1. The lowest BCUT2D eigenvalue weighted by Crippen LogP contribution is -2.51. The molecule has 9 heteroatoms. The molecule has 2 aromatic carbocycles. The van der Waals surface area contributed by atoms with Crippen LogP contribution in [-0.4, -0.2) is 49.9 Å². The molecule has 2 heterocycles. The first kappa shape index (κ1) is 23.7. The van der Waals surface area contributed by atoms with Crippen LogP contribution in [-0.2, 0) is 14.8 Å². The molecule has 1 aromatic heterocycles. The summed E-state index contributed by atoms with van der Waals surface area (Å²) in [5.41, 5.74) is 1.91. The first-order chi connectivity index (χ1) is 17.0. The van der Waals surface area contributed by atoms with Gasteiger partial charge in [0.1, 0.15) is 0 Å². The number of rotatable bonds is 6. The highest BCUT2D eigenvalue weighted by molar-refractivity contribution is 7.89. The van der Waals surface area contributed by atoms with Gasteiger partial charge in [0.15, 0.2) is 12.2 Å². The number of piperazine rings is 1. The number of hydrogen-bond donors (Lipinski definition) is 2. The molecule has 184 valence electrons. The van der Waals surface area contributed by atoms with Gasteiger partial charge < -0.3 is 14.6 Å². The standard InChI is InChI=1S/C26H30N4O4S/c31-26(30-15-14-27-16-24(30)19-4-2-1-3-5-19)21-6-10-22(11-7-21)29-35(32,33)23-12-8-20(9-13-23)25-17-28-18-34-25/h1-5,8-9,12-13,17-18,21-22,24,27,29H,6-7,10-11,14-16H2/t21?,22?,24-/m1/s1. The van der Waals surface area contributed by atoms with Crippen LogP contribution in [0, 0.1) is 5.92 Å². The van der Waals surface area contributed by atoms with Gasteiger partial charge in [-0.1, -0.05) is 30.3 Å². The summed E-state index contributed by atoms with van der Waals surface area (Å²) in [6, 6.07) is 16.6. The highest BCUT2D eigenvalue weighted by Gasteiger charge is 2.35. The van der Waals surface area contributed by atoms with Crippen LogP contribution in [0.3, 0.4) is 0 Å². The Morgan fingerprint density at radius 2 is 1.77 bits per heavy atom. The van der Waals surface area contributed by atoms with Crippen LogP contribution in [0.5, 0.6) is 0 Å². The van der Waals surface area contributed by atoms with Gasteiger partial charge in [-0.3, -0.25) is 4.79 Å². The summed E-state index contributed by atoms with van der Waals surface area (Å²) in [7, 11) is -3.65. The molecule has 5 rings (SSSR count). The Balaban J connectivity index is 1.19. The van der Waals surface area contributed by atoms with Crippen LogP contribution < -0.4 is 10.0 Å². The van der Waals surface area contributed by atoms with E-state index >= 15 is 0 Å². The Morgan fingerprint density at radius 1 is 1.03 bits per heavy atom. The molecule has 3 aromatic rings. The molecule has 0 radical (unpaired) electrons. The fourth-order valence-corrected chi connectivity index (χ4v) is 6.38. The molecule has 2 fully saturated rings. The molecule has 2 N–H and O–H groups in total. The van der Waals surface area contributed by atoms with Gasteiger partial charge in [-0.15, -0.1) is 0 Å². The van der Waals surface area contributed by atoms with E-state index in [1.807, 2.05) is 23.1 Å². The van der Waals surface area contributed by atoms with E-state index in [-0.39, 0.29) is 28.8 Å². The summed E-state index contributed by atoms with van der Waals surface area (Å²) < 4.78 is 34.0. The summed E-state index contributed by atoms with van der Waals surface area (Å²) in [6.45, 7) is 2.23. The van der Waals surface area contributed by atoms with Crippen LogP contribution in [0.15, 0.2) is 76.5 Å². The van der Waals surface area contributed by atoms with E-state index in [1.165, 1.54) is 6.39 Å². The molecule has 2 aliphatic rings. The lowest BCUT2D eigenvalue weighted by molar-refractivity contribution is -0.140. The maximum Gasteiger partial charge on any atom is 0.240 e. The van der Waals surface area contributed by atoms with Crippen LogP contribution in [0.1, 0.15) is 37.3 Å². The minimum absolute atomic E-state index is 0.0357. The number of amides is 1. The Morgan fingerprint density at radius 3 is 2.46 bits per heavy atom. The van der Waals surface area contributed by atoms with E-state index in [0.29, 0.717) is 38.0 Å². The first-order valence-corrected chi connectivity index (χ1v) is 13.6. The normalized spacial score (nSPS) is 23.2. The predicted octanol–water partition coefficient (Wildman–Crippen LogP) is 3.35. The van der Waals surface area contributed by atoms with Gasteiger partial charge in [0.25, 0.3) is 0 Å². The van der Waals surface area contributed by atoms with E-state index in [2.05, 4.69) is 27.2 Å². The highest BCUT2D eigenvalue weighted by Crippen LogP contribution is 2.31. The Kier molecular flexibility index (Phi) is 6.99. The molecule has 1 aliphatic carbocycles. The largest absolute Gasteiger partial charge is 0.444 e. The molecule has 35 heavy (non-hydrogen) atoms. The van der Waals surface area contributed by atoms with E-state index in [9.17, 15) is 13.2 Å². The SMILES string of the molecule is O=C(C1CCC(NS(=O)(=O)c2ccc(-c3cnco3)cc2)CC1)N1CCNC[C@@H]1c1ccccc1. The Hall–Kier alpha value is -3.01. The van der Waals surface area contributed by atoms with Gasteiger partial charge in [-0.2, -0.15) is 0 Å². The highest BCUT2D eigenvalue weighted by atomic mass is 32.2. The number of sulfonamides is 1. The minimum Gasteiger partial charge on any atom is -0.444 e. The molecule has 1 saturated carbocycles. The zero-order valence-electron chi connectivity index (χ0n) is 19.5. The van der Waals surface area contributed by atoms with Crippen molar-refractivity contribution in [1.29, 1.82) is 0 Å². The molecule has 1 aliphatic heterocycles. The van der Waals surface area contributed by atoms with Gasteiger partial charge in [-0.05, 0) is 55.5 Å². The fraction of sp³-hybridized carbons (Fsp3) is 0.385. The number of hydrogen-bond acceptors (Lipinski definition) is 6. The maximum absolute atomic E-state index is 13.4. The van der Waals surface area contributed by atoms with Gasteiger partial charge in [-0.25, -0.2) is 18.1 Å². The van der Waals surface area contributed by atoms with Crippen LogP contribution in [0.4, 0.5) is 0 Å². The van der Waals surface area contributed by atoms with E-state index in [0.717, 1.165) is 24.2 Å². The van der Waals surface area contributed by atoms with Crippen LogP contribution >= 0.6 is 0 Å². The lowest BCUT2D eigenvalue weighted by atomic mass is 9.85. The monoisotopic (exact) mass is 494 g/mol. The summed E-state index contributed by atoms with van der Waals surface area (Å²) >= 11 is 0. The molecular weight excluding hydrogens is 464 g/mol. The quantitative estimate of drug-likeness (QED) is 0.545. The molecule has 0 unspecified atom stereocenters. The summed E-state index contributed by atoms with van der Waals surface area (Å²) in [4.78, 5) is 19.5. The average Bonchev–Trinajstić information content (AvgIpc) is 3.44. The molecule has 0 spiro atoms. The van der Waals surface area contributed by atoms with Gasteiger partial charge in [0.05, 0.1) is 17.1 Å². The van der Waals surface area contributed by atoms with E-state index < -0.39 is 10.0 Å². The maximum atomic E-state index is 13.4. The smallest absolute Gasteiger partial charge is 0.240 e. The van der Waals surface area contributed by atoms with Crippen molar-refractivity contribution in [2.45, 2.75) is 42.7 Å². The van der Waals surface area contributed by atoms with Crippen LogP contribution in [0.25, 0.3) is 11.3 Å². The molecule has 8 nitrogen and oxygen atoms in total.